The summed E-state index contributed by atoms with van der Waals surface area (Å²) in [4.78, 5) is 12.3. The molecule has 0 spiro atoms. The van der Waals surface area contributed by atoms with Crippen molar-refractivity contribution >= 4 is 29.3 Å². The first-order chi connectivity index (χ1) is 12.8. The number of amides is 1. The number of rotatable bonds is 3. The standard InChI is InChI=1S/C18H10ClF3N2O3/c19-13-3-2-12(18(20,21)22)7-14(13)24-17(25)11(8-23)5-10-1-4-15-16(6-10)27-9-26-15/h1-7H,9H2,(H,24,25)/b11-5-. The lowest BCUT2D eigenvalue weighted by Gasteiger charge is -2.11. The fraction of sp³-hybridized carbons (Fsp3) is 0.111. The highest BCUT2D eigenvalue weighted by Gasteiger charge is 2.31. The van der Waals surface area contributed by atoms with Crippen LogP contribution in [0.2, 0.25) is 5.02 Å². The quantitative estimate of drug-likeness (QED) is 0.608. The van der Waals surface area contributed by atoms with Gasteiger partial charge in [-0.2, -0.15) is 18.4 Å². The van der Waals surface area contributed by atoms with Crippen molar-refractivity contribution in [3.8, 4) is 17.6 Å². The van der Waals surface area contributed by atoms with E-state index < -0.39 is 17.6 Å². The second-order valence-corrected chi connectivity index (χ2v) is 5.84. The smallest absolute Gasteiger partial charge is 0.416 e. The van der Waals surface area contributed by atoms with Crippen LogP contribution in [0.4, 0.5) is 18.9 Å². The number of hydrogen-bond acceptors (Lipinski definition) is 4. The largest absolute Gasteiger partial charge is 0.454 e. The molecule has 9 heteroatoms. The molecule has 2 aromatic rings. The minimum absolute atomic E-state index is 0.0716. The highest BCUT2D eigenvalue weighted by Crippen LogP contribution is 2.35. The van der Waals surface area contributed by atoms with Gasteiger partial charge >= 0.3 is 6.18 Å². The zero-order valence-corrected chi connectivity index (χ0v) is 14.2. The molecule has 138 valence electrons. The fourth-order valence-electron chi connectivity index (χ4n) is 2.31. The number of ether oxygens (including phenoxy) is 2. The van der Waals surface area contributed by atoms with Crippen LogP contribution in [0.25, 0.3) is 6.08 Å². The third-order valence-corrected chi connectivity index (χ3v) is 3.94. The van der Waals surface area contributed by atoms with Crippen LogP contribution in [0.1, 0.15) is 11.1 Å². The molecule has 0 radical (unpaired) electrons. The number of carbonyl (C=O) groups excluding carboxylic acids is 1. The van der Waals surface area contributed by atoms with Crippen molar-refractivity contribution in [1.29, 1.82) is 5.26 Å². The van der Waals surface area contributed by atoms with E-state index in [1.54, 1.807) is 24.3 Å². The van der Waals surface area contributed by atoms with Crippen LogP contribution in [0.3, 0.4) is 0 Å². The molecule has 0 atom stereocenters. The van der Waals surface area contributed by atoms with E-state index in [9.17, 15) is 23.2 Å². The Morgan fingerprint density at radius 2 is 1.93 bits per heavy atom. The molecule has 1 amide bonds. The summed E-state index contributed by atoms with van der Waals surface area (Å²) < 4.78 is 48.8. The van der Waals surface area contributed by atoms with Crippen LogP contribution < -0.4 is 14.8 Å². The Labute approximate surface area is 156 Å². The Kier molecular flexibility index (Phi) is 4.97. The van der Waals surface area contributed by atoms with Crippen molar-refractivity contribution in [2.24, 2.45) is 0 Å². The van der Waals surface area contributed by atoms with Crippen molar-refractivity contribution in [3.05, 3.63) is 58.1 Å². The predicted octanol–water partition coefficient (Wildman–Crippen LogP) is 4.63. The van der Waals surface area contributed by atoms with Gasteiger partial charge in [0.2, 0.25) is 6.79 Å². The average molecular weight is 395 g/mol. The summed E-state index contributed by atoms with van der Waals surface area (Å²) in [6.07, 6.45) is -3.32. The molecule has 5 nitrogen and oxygen atoms in total. The summed E-state index contributed by atoms with van der Waals surface area (Å²) >= 11 is 5.85. The number of nitrogens with one attached hydrogen (secondary N) is 1. The lowest BCUT2D eigenvalue weighted by Crippen LogP contribution is -2.15. The molecule has 0 bridgehead atoms. The van der Waals surface area contributed by atoms with Crippen LogP contribution in [0.15, 0.2) is 42.0 Å². The molecule has 27 heavy (non-hydrogen) atoms. The molecule has 3 rings (SSSR count). The Hall–Kier alpha value is -3.18. The molecular weight excluding hydrogens is 385 g/mol. The monoisotopic (exact) mass is 394 g/mol. The first kappa shape index (κ1) is 18.6. The van der Waals surface area contributed by atoms with E-state index in [1.165, 1.54) is 6.08 Å². The Bertz CT molecular complexity index is 981. The maximum Gasteiger partial charge on any atom is 0.416 e. The maximum atomic E-state index is 12.8. The first-order valence-corrected chi connectivity index (χ1v) is 7.85. The highest BCUT2D eigenvalue weighted by atomic mass is 35.5. The van der Waals surface area contributed by atoms with Gasteiger partial charge in [0.15, 0.2) is 11.5 Å². The van der Waals surface area contributed by atoms with Crippen molar-refractivity contribution < 1.29 is 27.4 Å². The van der Waals surface area contributed by atoms with Crippen LogP contribution in [-0.4, -0.2) is 12.7 Å². The van der Waals surface area contributed by atoms with Gasteiger partial charge in [0, 0.05) is 0 Å². The number of hydrogen-bond donors (Lipinski definition) is 1. The second kappa shape index (κ2) is 7.21. The van der Waals surface area contributed by atoms with Gasteiger partial charge in [-0.25, -0.2) is 0 Å². The molecule has 1 aliphatic rings. The van der Waals surface area contributed by atoms with Crippen molar-refractivity contribution in [2.75, 3.05) is 12.1 Å². The summed E-state index contributed by atoms with van der Waals surface area (Å²) in [6.45, 7) is 0.0716. The second-order valence-electron chi connectivity index (χ2n) is 5.43. The number of benzene rings is 2. The van der Waals surface area contributed by atoms with Gasteiger partial charge in [0.05, 0.1) is 16.3 Å². The number of carbonyl (C=O) groups is 1. The summed E-state index contributed by atoms with van der Waals surface area (Å²) in [7, 11) is 0. The number of alkyl halides is 3. The molecule has 1 N–H and O–H groups in total. The van der Waals surface area contributed by atoms with E-state index in [0.29, 0.717) is 23.1 Å². The van der Waals surface area contributed by atoms with Crippen LogP contribution in [0.5, 0.6) is 11.5 Å². The third kappa shape index (κ3) is 4.15. The minimum Gasteiger partial charge on any atom is -0.454 e. The summed E-state index contributed by atoms with van der Waals surface area (Å²) in [6, 6.07) is 9.03. The molecule has 0 aliphatic carbocycles. The Morgan fingerprint density at radius 1 is 1.19 bits per heavy atom. The topological polar surface area (TPSA) is 71.3 Å². The molecule has 0 fully saturated rings. The Morgan fingerprint density at radius 3 is 2.63 bits per heavy atom. The van der Waals surface area contributed by atoms with Crippen molar-refractivity contribution in [1.82, 2.24) is 0 Å². The van der Waals surface area contributed by atoms with E-state index in [-0.39, 0.29) is 23.1 Å². The number of fused-ring (bicyclic) bond motifs is 1. The SMILES string of the molecule is N#C/C(=C/c1ccc2c(c1)OCO2)C(=O)Nc1cc(C(F)(F)F)ccc1Cl. The minimum atomic E-state index is -4.59. The summed E-state index contributed by atoms with van der Waals surface area (Å²) in [5, 5.41) is 11.4. The lowest BCUT2D eigenvalue weighted by atomic mass is 10.1. The van der Waals surface area contributed by atoms with Crippen LogP contribution >= 0.6 is 11.6 Å². The van der Waals surface area contributed by atoms with Gasteiger partial charge in [0.25, 0.3) is 5.91 Å². The molecule has 0 unspecified atom stereocenters. The third-order valence-electron chi connectivity index (χ3n) is 3.61. The van der Waals surface area contributed by atoms with Gasteiger partial charge in [0.1, 0.15) is 11.6 Å². The first-order valence-electron chi connectivity index (χ1n) is 7.47. The van der Waals surface area contributed by atoms with E-state index in [1.807, 2.05) is 0 Å². The van der Waals surface area contributed by atoms with Gasteiger partial charge < -0.3 is 14.8 Å². The van der Waals surface area contributed by atoms with Gasteiger partial charge in [-0.3, -0.25) is 4.79 Å². The van der Waals surface area contributed by atoms with Gasteiger partial charge in [-0.1, -0.05) is 17.7 Å². The maximum absolute atomic E-state index is 12.8. The number of anilines is 1. The molecule has 1 aliphatic heterocycles. The number of halogens is 4. The zero-order valence-electron chi connectivity index (χ0n) is 13.4. The molecule has 2 aromatic carbocycles. The van der Waals surface area contributed by atoms with Gasteiger partial charge in [-0.05, 0) is 42.0 Å². The van der Waals surface area contributed by atoms with E-state index >= 15 is 0 Å². The molecule has 0 saturated heterocycles. The zero-order chi connectivity index (χ0) is 19.6. The fourth-order valence-corrected chi connectivity index (χ4v) is 2.47. The number of nitrogens with zero attached hydrogens (tertiary/aromatic N) is 1. The van der Waals surface area contributed by atoms with E-state index in [2.05, 4.69) is 5.32 Å². The average Bonchev–Trinajstić information content (AvgIpc) is 3.08. The van der Waals surface area contributed by atoms with E-state index in [4.69, 9.17) is 21.1 Å². The van der Waals surface area contributed by atoms with Gasteiger partial charge in [-0.15, -0.1) is 0 Å². The molecule has 1 heterocycles. The highest BCUT2D eigenvalue weighted by molar-refractivity contribution is 6.34. The predicted molar refractivity (Wildman–Crippen MR) is 91.2 cm³/mol. The Balaban J connectivity index is 1.85. The summed E-state index contributed by atoms with van der Waals surface area (Å²) in [5.41, 5.74) is -1.05. The molecular formula is C18H10ClF3N2O3. The molecule has 0 aromatic heterocycles. The van der Waals surface area contributed by atoms with Crippen LogP contribution in [0, 0.1) is 11.3 Å². The number of nitriles is 1. The van der Waals surface area contributed by atoms with Crippen molar-refractivity contribution in [3.63, 3.8) is 0 Å². The lowest BCUT2D eigenvalue weighted by molar-refractivity contribution is -0.137. The van der Waals surface area contributed by atoms with Crippen LogP contribution in [-0.2, 0) is 11.0 Å². The van der Waals surface area contributed by atoms with Crippen molar-refractivity contribution in [2.45, 2.75) is 6.18 Å². The molecule has 0 saturated carbocycles. The summed E-state index contributed by atoms with van der Waals surface area (Å²) in [5.74, 6) is 0.101. The van der Waals surface area contributed by atoms with E-state index in [0.717, 1.165) is 12.1 Å². The normalized spacial score (nSPS) is 13.2.